The van der Waals surface area contributed by atoms with Crippen LogP contribution in [0, 0.1) is 0 Å². The second kappa shape index (κ2) is 13.7. The number of unbranched alkanes of at least 4 members (excludes halogenated alkanes) is 2. The lowest BCUT2D eigenvalue weighted by atomic mass is 10.1. The molecule has 0 unspecified atom stereocenters. The van der Waals surface area contributed by atoms with E-state index in [1.807, 2.05) is 30.4 Å². The number of rotatable bonds is 14. The normalized spacial score (nSPS) is 12.8. The molecule has 5 nitrogen and oxygen atoms in total. The second-order valence-corrected chi connectivity index (χ2v) is 13.5. The van der Waals surface area contributed by atoms with Gasteiger partial charge in [-0.05, 0) is 55.1 Å². The van der Waals surface area contributed by atoms with Crippen molar-refractivity contribution in [3.63, 3.8) is 0 Å². The highest BCUT2D eigenvalue weighted by Crippen LogP contribution is 2.36. The van der Waals surface area contributed by atoms with Gasteiger partial charge in [-0.2, -0.15) is 0 Å². The molecular formula is C24H40O5Si. The SMILES string of the molecule is COCOc1cc(/C=C/C=C/CCCCO[Si](C)(C)C(C)(C)C)cc(OCOC)c1. The molecular weight excluding hydrogens is 396 g/mol. The smallest absolute Gasteiger partial charge is 0.191 e. The quantitative estimate of drug-likeness (QED) is 0.146. The van der Waals surface area contributed by atoms with E-state index < -0.39 is 8.32 Å². The van der Waals surface area contributed by atoms with Crippen LogP contribution >= 0.6 is 0 Å². The van der Waals surface area contributed by atoms with Crippen molar-refractivity contribution in [3.05, 3.63) is 42.0 Å². The van der Waals surface area contributed by atoms with Crippen LogP contribution in [-0.2, 0) is 13.9 Å². The number of allylic oxidation sites excluding steroid dienone is 3. The first-order valence-electron chi connectivity index (χ1n) is 10.6. The fraction of sp³-hybridized carbons (Fsp3) is 0.583. The van der Waals surface area contributed by atoms with Crippen molar-refractivity contribution in [3.8, 4) is 11.5 Å². The van der Waals surface area contributed by atoms with Crippen LogP contribution in [0.2, 0.25) is 18.1 Å². The van der Waals surface area contributed by atoms with Gasteiger partial charge < -0.3 is 23.4 Å². The third-order valence-corrected chi connectivity index (χ3v) is 9.70. The lowest BCUT2D eigenvalue weighted by Crippen LogP contribution is -2.40. The Balaban J connectivity index is 2.45. The zero-order chi connectivity index (χ0) is 22.5. The van der Waals surface area contributed by atoms with Gasteiger partial charge in [0, 0.05) is 26.9 Å². The van der Waals surface area contributed by atoms with Crippen molar-refractivity contribution < 1.29 is 23.4 Å². The maximum absolute atomic E-state index is 6.22. The van der Waals surface area contributed by atoms with Gasteiger partial charge in [0.05, 0.1) is 0 Å². The van der Waals surface area contributed by atoms with Crippen LogP contribution in [0.5, 0.6) is 11.5 Å². The van der Waals surface area contributed by atoms with E-state index in [-0.39, 0.29) is 18.6 Å². The molecule has 170 valence electrons. The largest absolute Gasteiger partial charge is 0.467 e. The lowest BCUT2D eigenvalue weighted by Gasteiger charge is -2.36. The highest BCUT2D eigenvalue weighted by atomic mass is 28.4. The number of methoxy groups -OCH3 is 2. The Morgan fingerprint density at radius 2 is 1.47 bits per heavy atom. The van der Waals surface area contributed by atoms with Crippen molar-refractivity contribution in [2.75, 3.05) is 34.4 Å². The molecule has 0 heterocycles. The van der Waals surface area contributed by atoms with Gasteiger partial charge in [-0.15, -0.1) is 0 Å². The zero-order valence-electron chi connectivity index (χ0n) is 19.8. The van der Waals surface area contributed by atoms with E-state index >= 15 is 0 Å². The van der Waals surface area contributed by atoms with E-state index in [0.717, 1.165) is 31.4 Å². The molecule has 0 bridgehead atoms. The van der Waals surface area contributed by atoms with Gasteiger partial charge in [0.15, 0.2) is 21.9 Å². The summed E-state index contributed by atoms with van der Waals surface area (Å²) in [5, 5.41) is 0.276. The topological polar surface area (TPSA) is 46.2 Å². The molecule has 30 heavy (non-hydrogen) atoms. The Kier molecular flexibility index (Phi) is 12.0. The molecule has 0 aromatic heterocycles. The summed E-state index contributed by atoms with van der Waals surface area (Å²) in [4.78, 5) is 0. The minimum atomic E-state index is -1.62. The summed E-state index contributed by atoms with van der Waals surface area (Å²) >= 11 is 0. The monoisotopic (exact) mass is 436 g/mol. The molecule has 6 heteroatoms. The van der Waals surface area contributed by atoms with E-state index in [0.29, 0.717) is 11.5 Å². The molecule has 0 radical (unpaired) electrons. The number of hydrogen-bond donors (Lipinski definition) is 0. The van der Waals surface area contributed by atoms with Gasteiger partial charge in [-0.1, -0.05) is 45.1 Å². The molecule has 0 aliphatic rings. The third-order valence-electron chi connectivity index (χ3n) is 5.16. The van der Waals surface area contributed by atoms with E-state index in [2.05, 4.69) is 46.0 Å². The van der Waals surface area contributed by atoms with E-state index in [4.69, 9.17) is 23.4 Å². The molecule has 1 aromatic rings. The van der Waals surface area contributed by atoms with Crippen LogP contribution in [0.25, 0.3) is 6.08 Å². The summed E-state index contributed by atoms with van der Waals surface area (Å²) in [5.41, 5.74) is 0.988. The first-order valence-corrected chi connectivity index (χ1v) is 13.5. The molecule has 0 atom stereocenters. The van der Waals surface area contributed by atoms with E-state index in [1.165, 1.54) is 0 Å². The highest BCUT2D eigenvalue weighted by Gasteiger charge is 2.36. The Labute approximate surface area is 184 Å². The standard InChI is InChI=1S/C24H40O5Si/c1-24(2,3)30(6,7)29-15-13-11-9-8-10-12-14-21-16-22(27-19-25-4)18-23(17-21)28-20-26-5/h8,10,12,14,16-18H,9,11,13,15,19-20H2,1-7H3/b10-8+,14-12+. The van der Waals surface area contributed by atoms with Gasteiger partial charge >= 0.3 is 0 Å². The van der Waals surface area contributed by atoms with Crippen molar-refractivity contribution >= 4 is 14.4 Å². The van der Waals surface area contributed by atoms with Crippen molar-refractivity contribution in [1.29, 1.82) is 0 Å². The minimum absolute atomic E-state index is 0.190. The fourth-order valence-electron chi connectivity index (χ4n) is 2.36. The van der Waals surface area contributed by atoms with Crippen molar-refractivity contribution in [1.82, 2.24) is 0 Å². The number of benzene rings is 1. The average molecular weight is 437 g/mol. The van der Waals surface area contributed by atoms with Crippen LogP contribution in [0.1, 0.15) is 45.6 Å². The predicted molar refractivity (Wildman–Crippen MR) is 127 cm³/mol. The van der Waals surface area contributed by atoms with Gasteiger partial charge in [0.25, 0.3) is 0 Å². The van der Waals surface area contributed by atoms with Crippen molar-refractivity contribution in [2.45, 2.75) is 58.2 Å². The van der Waals surface area contributed by atoms with Gasteiger partial charge in [0.2, 0.25) is 0 Å². The van der Waals surface area contributed by atoms with Gasteiger partial charge in [0.1, 0.15) is 11.5 Å². The molecule has 0 amide bonds. The fourth-order valence-corrected chi connectivity index (χ4v) is 3.45. The molecule has 0 saturated heterocycles. The van der Waals surface area contributed by atoms with Gasteiger partial charge in [-0.3, -0.25) is 0 Å². The molecule has 0 spiro atoms. The van der Waals surface area contributed by atoms with Crippen LogP contribution in [0.15, 0.2) is 36.4 Å². The maximum Gasteiger partial charge on any atom is 0.191 e. The van der Waals surface area contributed by atoms with Crippen LogP contribution in [-0.4, -0.2) is 42.7 Å². The minimum Gasteiger partial charge on any atom is -0.467 e. The van der Waals surface area contributed by atoms with Gasteiger partial charge in [-0.25, -0.2) is 0 Å². The first kappa shape index (κ1) is 26.4. The lowest BCUT2D eigenvalue weighted by molar-refractivity contribution is 0.0460. The Morgan fingerprint density at radius 3 is 2.00 bits per heavy atom. The summed E-state index contributed by atoms with van der Waals surface area (Å²) < 4.78 is 27.2. The third kappa shape index (κ3) is 10.4. The summed E-state index contributed by atoms with van der Waals surface area (Å²) in [6.45, 7) is 12.7. The molecule has 0 saturated carbocycles. The molecule has 0 aliphatic heterocycles. The molecule has 0 fully saturated rings. The number of ether oxygens (including phenoxy) is 4. The van der Waals surface area contributed by atoms with Crippen molar-refractivity contribution in [2.24, 2.45) is 0 Å². The summed E-state index contributed by atoms with van der Waals surface area (Å²) in [6, 6.07) is 5.71. The summed E-state index contributed by atoms with van der Waals surface area (Å²) in [6.07, 6.45) is 11.6. The summed E-state index contributed by atoms with van der Waals surface area (Å²) in [7, 11) is 1.57. The molecule has 1 aromatic carbocycles. The Bertz CT molecular complexity index is 636. The number of hydrogen-bond acceptors (Lipinski definition) is 5. The molecule has 0 aliphatic carbocycles. The van der Waals surface area contributed by atoms with Crippen LogP contribution in [0.3, 0.4) is 0 Å². The van der Waals surface area contributed by atoms with E-state index in [1.54, 1.807) is 14.2 Å². The van der Waals surface area contributed by atoms with E-state index in [9.17, 15) is 0 Å². The second-order valence-electron chi connectivity index (χ2n) is 8.73. The Morgan fingerprint density at radius 1 is 0.867 bits per heavy atom. The molecule has 1 rings (SSSR count). The zero-order valence-corrected chi connectivity index (χ0v) is 20.8. The summed E-state index contributed by atoms with van der Waals surface area (Å²) in [5.74, 6) is 1.38. The Hall–Kier alpha value is -1.60. The molecule has 0 N–H and O–H groups in total. The maximum atomic E-state index is 6.22. The van der Waals surface area contributed by atoms with Crippen LogP contribution < -0.4 is 9.47 Å². The predicted octanol–water partition coefficient (Wildman–Crippen LogP) is 6.41. The average Bonchev–Trinajstić information content (AvgIpc) is 2.68. The van der Waals surface area contributed by atoms with Crippen LogP contribution in [0.4, 0.5) is 0 Å². The highest BCUT2D eigenvalue weighted by molar-refractivity contribution is 6.74. The first-order chi connectivity index (χ1) is 14.2.